The minimum Gasteiger partial charge on any atom is -0.483 e. The summed E-state index contributed by atoms with van der Waals surface area (Å²) in [5.41, 5.74) is 1.39. The number of ether oxygens (including phenoxy) is 1. The molecule has 26 heavy (non-hydrogen) atoms. The van der Waals surface area contributed by atoms with Crippen LogP contribution in [0.2, 0.25) is 0 Å². The Morgan fingerprint density at radius 1 is 1.04 bits per heavy atom. The number of amides is 3. The average molecular weight is 352 g/mol. The van der Waals surface area contributed by atoms with Gasteiger partial charge in [0.2, 0.25) is 0 Å². The van der Waals surface area contributed by atoms with Crippen molar-refractivity contribution in [3.8, 4) is 5.75 Å². The fourth-order valence-electron chi connectivity index (χ4n) is 3.14. The van der Waals surface area contributed by atoms with E-state index in [0.717, 1.165) is 30.0 Å². The molecule has 0 spiro atoms. The van der Waals surface area contributed by atoms with Gasteiger partial charge in [0.05, 0.1) is 0 Å². The van der Waals surface area contributed by atoms with E-state index in [1.54, 1.807) is 0 Å². The predicted molar refractivity (Wildman–Crippen MR) is 102 cm³/mol. The maximum atomic E-state index is 11.9. The smallest absolute Gasteiger partial charge is 0.321 e. The lowest BCUT2D eigenvalue weighted by Crippen LogP contribution is -2.42. The van der Waals surface area contributed by atoms with Gasteiger partial charge in [0, 0.05) is 11.9 Å². The fourth-order valence-corrected chi connectivity index (χ4v) is 3.14. The van der Waals surface area contributed by atoms with Crippen LogP contribution in [0, 0.1) is 0 Å². The lowest BCUT2D eigenvalue weighted by molar-refractivity contribution is -0.121. The zero-order valence-electron chi connectivity index (χ0n) is 14.8. The first kappa shape index (κ1) is 18.0. The highest BCUT2D eigenvalue weighted by Crippen LogP contribution is 2.25. The number of nitrogens with one attached hydrogen (secondary N) is 2. The number of carbonyl (C=O) groups is 2. The monoisotopic (exact) mass is 352 g/mol. The number of hydrogen-bond acceptors (Lipinski definition) is 3. The molecule has 0 aliphatic heterocycles. The first-order valence-corrected chi connectivity index (χ1v) is 9.08. The van der Waals surface area contributed by atoms with Crippen LogP contribution in [0.25, 0.3) is 10.8 Å². The first-order valence-electron chi connectivity index (χ1n) is 9.08. The fraction of sp³-hybridized carbons (Fsp3) is 0.333. The Labute approximate surface area is 153 Å². The molecule has 136 valence electrons. The molecule has 0 saturated heterocycles. The van der Waals surface area contributed by atoms with Gasteiger partial charge in [0.25, 0.3) is 5.91 Å². The maximum Gasteiger partial charge on any atom is 0.321 e. The number of hydrogen-bond donors (Lipinski definition) is 2. The van der Waals surface area contributed by atoms with Crippen LogP contribution in [0.4, 0.5) is 4.79 Å². The van der Waals surface area contributed by atoms with E-state index in [9.17, 15) is 9.59 Å². The Hall–Kier alpha value is -2.82. The van der Waals surface area contributed by atoms with E-state index in [0.29, 0.717) is 12.3 Å². The molecule has 3 amide bonds. The lowest BCUT2D eigenvalue weighted by Gasteiger charge is -2.13. The molecular formula is C21H24N2O3. The standard InChI is InChI=1S/C21H24N2O3/c24-20(23-21(25)22-14-13-16-7-2-1-3-8-16)15-26-19-12-6-10-17-9-4-5-11-18(17)19/h4-7,9-12H,1-3,8,13-15H2,(H2,22,23,24,25). The van der Waals surface area contributed by atoms with Crippen LogP contribution in [0.5, 0.6) is 5.75 Å². The number of benzene rings is 2. The van der Waals surface area contributed by atoms with Crippen molar-refractivity contribution in [2.24, 2.45) is 0 Å². The van der Waals surface area contributed by atoms with E-state index in [4.69, 9.17) is 4.74 Å². The third-order valence-corrected chi connectivity index (χ3v) is 4.48. The molecule has 3 rings (SSSR count). The summed E-state index contributed by atoms with van der Waals surface area (Å²) >= 11 is 0. The molecule has 0 bridgehead atoms. The van der Waals surface area contributed by atoms with E-state index < -0.39 is 11.9 Å². The molecule has 0 atom stereocenters. The second-order valence-corrected chi connectivity index (χ2v) is 6.43. The van der Waals surface area contributed by atoms with Crippen LogP contribution >= 0.6 is 0 Å². The van der Waals surface area contributed by atoms with Crippen LogP contribution in [0.15, 0.2) is 54.1 Å². The Balaban J connectivity index is 1.42. The summed E-state index contributed by atoms with van der Waals surface area (Å²) in [5, 5.41) is 7.00. The third kappa shape index (κ3) is 5.09. The van der Waals surface area contributed by atoms with Crippen LogP contribution in [0.1, 0.15) is 32.1 Å². The van der Waals surface area contributed by atoms with Crippen LogP contribution < -0.4 is 15.4 Å². The second kappa shape index (κ2) is 9.04. The average Bonchev–Trinajstić information content (AvgIpc) is 2.67. The highest BCUT2D eigenvalue weighted by Gasteiger charge is 2.10. The van der Waals surface area contributed by atoms with Crippen molar-refractivity contribution in [3.63, 3.8) is 0 Å². The summed E-state index contributed by atoms with van der Waals surface area (Å²) in [6.45, 7) is 0.335. The van der Waals surface area contributed by atoms with Crippen molar-refractivity contribution in [1.29, 1.82) is 0 Å². The van der Waals surface area contributed by atoms with Gasteiger partial charge in [-0.25, -0.2) is 4.79 Å². The van der Waals surface area contributed by atoms with Crippen molar-refractivity contribution < 1.29 is 14.3 Å². The van der Waals surface area contributed by atoms with Gasteiger partial charge in [-0.2, -0.15) is 0 Å². The summed E-state index contributed by atoms with van der Waals surface area (Å²) in [6, 6.07) is 13.0. The first-order chi connectivity index (χ1) is 12.7. The van der Waals surface area contributed by atoms with Gasteiger partial charge < -0.3 is 10.1 Å². The van der Waals surface area contributed by atoms with Crippen LogP contribution in [0.3, 0.4) is 0 Å². The second-order valence-electron chi connectivity index (χ2n) is 6.43. The van der Waals surface area contributed by atoms with Crippen molar-refractivity contribution in [3.05, 3.63) is 54.1 Å². The zero-order chi connectivity index (χ0) is 18.2. The summed E-state index contributed by atoms with van der Waals surface area (Å²) in [6.07, 6.45) is 7.82. The van der Waals surface area contributed by atoms with E-state index in [-0.39, 0.29) is 6.61 Å². The van der Waals surface area contributed by atoms with Crippen molar-refractivity contribution >= 4 is 22.7 Å². The third-order valence-electron chi connectivity index (χ3n) is 4.48. The van der Waals surface area contributed by atoms with Crippen molar-refractivity contribution in [2.45, 2.75) is 32.1 Å². The molecule has 5 nitrogen and oxygen atoms in total. The quantitative estimate of drug-likeness (QED) is 0.774. The van der Waals surface area contributed by atoms with E-state index in [2.05, 4.69) is 16.7 Å². The summed E-state index contributed by atoms with van der Waals surface area (Å²) < 4.78 is 5.58. The number of urea groups is 1. The van der Waals surface area contributed by atoms with Crippen LogP contribution in [-0.4, -0.2) is 25.1 Å². The Morgan fingerprint density at radius 3 is 2.73 bits per heavy atom. The molecule has 2 N–H and O–H groups in total. The molecule has 0 radical (unpaired) electrons. The van der Waals surface area contributed by atoms with Crippen molar-refractivity contribution in [1.82, 2.24) is 10.6 Å². The minimum atomic E-state index is -0.479. The summed E-state index contributed by atoms with van der Waals surface area (Å²) in [5.74, 6) is 0.162. The molecule has 2 aromatic carbocycles. The largest absolute Gasteiger partial charge is 0.483 e. The normalized spacial score (nSPS) is 13.8. The van der Waals surface area contributed by atoms with Gasteiger partial charge in [-0.3, -0.25) is 10.1 Å². The Bertz CT molecular complexity index is 809. The van der Waals surface area contributed by atoms with Gasteiger partial charge in [0.15, 0.2) is 6.61 Å². The number of rotatable bonds is 6. The number of carbonyl (C=O) groups excluding carboxylic acids is 2. The van der Waals surface area contributed by atoms with Crippen LogP contribution in [-0.2, 0) is 4.79 Å². The van der Waals surface area contributed by atoms with E-state index >= 15 is 0 Å². The molecule has 1 aliphatic carbocycles. The molecule has 0 saturated carbocycles. The maximum absolute atomic E-state index is 11.9. The Kier molecular flexibility index (Phi) is 6.25. The van der Waals surface area contributed by atoms with Gasteiger partial charge in [-0.05, 0) is 43.6 Å². The SMILES string of the molecule is O=C(COc1cccc2ccccc12)NC(=O)NCCC1=CCCCC1. The van der Waals surface area contributed by atoms with Crippen molar-refractivity contribution in [2.75, 3.05) is 13.2 Å². The molecule has 2 aromatic rings. The highest BCUT2D eigenvalue weighted by molar-refractivity contribution is 5.95. The molecule has 0 aromatic heterocycles. The number of allylic oxidation sites excluding steroid dienone is 1. The lowest BCUT2D eigenvalue weighted by atomic mass is 9.97. The molecule has 0 fully saturated rings. The predicted octanol–water partition coefficient (Wildman–Crippen LogP) is 3.93. The number of imide groups is 1. The van der Waals surface area contributed by atoms with E-state index in [1.165, 1.54) is 18.4 Å². The van der Waals surface area contributed by atoms with Gasteiger partial charge in [-0.15, -0.1) is 0 Å². The minimum absolute atomic E-state index is 0.202. The topological polar surface area (TPSA) is 67.4 Å². The Morgan fingerprint density at radius 2 is 1.88 bits per heavy atom. The van der Waals surface area contributed by atoms with Gasteiger partial charge in [0.1, 0.15) is 5.75 Å². The van der Waals surface area contributed by atoms with E-state index in [1.807, 2.05) is 42.5 Å². The number of fused-ring (bicyclic) bond motifs is 1. The molecule has 5 heteroatoms. The highest BCUT2D eigenvalue weighted by atomic mass is 16.5. The zero-order valence-corrected chi connectivity index (χ0v) is 14.8. The van der Waals surface area contributed by atoms with Gasteiger partial charge in [-0.1, -0.05) is 48.0 Å². The van der Waals surface area contributed by atoms with Gasteiger partial charge >= 0.3 is 6.03 Å². The summed E-state index contributed by atoms with van der Waals surface area (Å²) in [4.78, 5) is 23.7. The molecule has 1 aliphatic rings. The molecule has 0 heterocycles. The molecule has 0 unspecified atom stereocenters. The molecular weight excluding hydrogens is 328 g/mol. The summed E-state index contributed by atoms with van der Waals surface area (Å²) in [7, 11) is 0.